The number of aryl methyl sites for hydroxylation is 1. The Morgan fingerprint density at radius 2 is 1.80 bits per heavy atom. The Kier molecular flexibility index (Phi) is 4.10. The number of nitrogens with zero attached hydrogens (tertiary/aromatic N) is 1. The third-order valence-electron chi connectivity index (χ3n) is 5.22. The number of furan rings is 1. The molecule has 0 saturated carbocycles. The van der Waals surface area contributed by atoms with Gasteiger partial charge in [-0.25, -0.2) is 0 Å². The molecule has 5 rings (SSSR count). The lowest BCUT2D eigenvalue weighted by Crippen LogP contribution is -2.29. The van der Waals surface area contributed by atoms with Crippen LogP contribution in [-0.2, 0) is 9.59 Å². The van der Waals surface area contributed by atoms with Gasteiger partial charge in [0, 0.05) is 11.3 Å². The number of benzene rings is 2. The van der Waals surface area contributed by atoms with E-state index in [1.165, 1.54) is 11.2 Å². The zero-order valence-electron chi connectivity index (χ0n) is 16.0. The van der Waals surface area contributed by atoms with Crippen LogP contribution in [0, 0.1) is 6.92 Å². The zero-order chi connectivity index (χ0) is 20.8. The zero-order valence-corrected chi connectivity index (χ0v) is 16.0. The first-order valence-corrected chi connectivity index (χ1v) is 9.35. The first-order chi connectivity index (χ1) is 14.5. The van der Waals surface area contributed by atoms with Gasteiger partial charge >= 0.3 is 0 Å². The van der Waals surface area contributed by atoms with Crippen LogP contribution in [0.5, 0.6) is 11.5 Å². The summed E-state index contributed by atoms with van der Waals surface area (Å²) in [5, 5.41) is 11.1. The largest absolute Gasteiger partial charge is 0.507 e. The van der Waals surface area contributed by atoms with Gasteiger partial charge in [-0.2, -0.15) is 0 Å². The number of aliphatic hydroxyl groups excluding tert-OH is 1. The smallest absolute Gasteiger partial charge is 0.300 e. The summed E-state index contributed by atoms with van der Waals surface area (Å²) in [5.74, 6) is -0.440. The van der Waals surface area contributed by atoms with Crippen molar-refractivity contribution in [3.8, 4) is 11.5 Å². The van der Waals surface area contributed by atoms with Gasteiger partial charge in [-0.15, -0.1) is 0 Å². The number of hydrogen-bond acceptors (Lipinski definition) is 6. The number of anilines is 1. The normalized spacial score (nSPS) is 19.5. The Morgan fingerprint density at radius 1 is 1.03 bits per heavy atom. The summed E-state index contributed by atoms with van der Waals surface area (Å²) in [5.41, 5.74) is 1.85. The number of rotatable bonds is 3. The van der Waals surface area contributed by atoms with Crippen molar-refractivity contribution in [1.82, 2.24) is 0 Å². The van der Waals surface area contributed by atoms with E-state index in [4.69, 9.17) is 13.9 Å². The Hall–Kier alpha value is -4.00. The number of aliphatic hydroxyl groups is 1. The molecular weight excluding hydrogens is 386 g/mol. The second-order valence-electron chi connectivity index (χ2n) is 7.09. The Bertz CT molecular complexity index is 1180. The van der Waals surface area contributed by atoms with Gasteiger partial charge in [0.2, 0.25) is 6.79 Å². The molecule has 1 unspecified atom stereocenters. The fourth-order valence-corrected chi connectivity index (χ4v) is 3.72. The van der Waals surface area contributed by atoms with Gasteiger partial charge in [-0.1, -0.05) is 17.7 Å². The molecule has 7 nitrogen and oxygen atoms in total. The van der Waals surface area contributed by atoms with Crippen LogP contribution >= 0.6 is 0 Å². The summed E-state index contributed by atoms with van der Waals surface area (Å²) in [7, 11) is 0. The number of Topliss-reactive ketones (excluding diaryl/α,β-unsaturated/α-hetero) is 1. The highest BCUT2D eigenvalue weighted by Crippen LogP contribution is 2.43. The van der Waals surface area contributed by atoms with E-state index in [0.29, 0.717) is 28.5 Å². The molecule has 0 spiro atoms. The molecule has 7 heteroatoms. The van der Waals surface area contributed by atoms with Crippen LogP contribution in [-0.4, -0.2) is 23.6 Å². The Morgan fingerprint density at radius 3 is 2.53 bits per heavy atom. The van der Waals surface area contributed by atoms with E-state index in [0.717, 1.165) is 5.56 Å². The van der Waals surface area contributed by atoms with Gasteiger partial charge < -0.3 is 19.0 Å². The molecule has 1 aromatic heterocycles. The van der Waals surface area contributed by atoms with Crippen LogP contribution in [0.1, 0.15) is 22.9 Å². The van der Waals surface area contributed by atoms with E-state index in [-0.39, 0.29) is 18.1 Å². The van der Waals surface area contributed by atoms with E-state index in [1.807, 2.05) is 19.1 Å². The maximum atomic E-state index is 13.0. The molecule has 3 aromatic rings. The highest BCUT2D eigenvalue weighted by Gasteiger charge is 2.48. The van der Waals surface area contributed by atoms with Gasteiger partial charge in [-0.3, -0.25) is 14.5 Å². The summed E-state index contributed by atoms with van der Waals surface area (Å²) in [4.78, 5) is 27.3. The van der Waals surface area contributed by atoms with E-state index in [9.17, 15) is 14.7 Å². The van der Waals surface area contributed by atoms with E-state index >= 15 is 0 Å². The molecule has 1 fully saturated rings. The van der Waals surface area contributed by atoms with E-state index < -0.39 is 17.7 Å². The van der Waals surface area contributed by atoms with Crippen molar-refractivity contribution in [2.24, 2.45) is 0 Å². The van der Waals surface area contributed by atoms with Gasteiger partial charge in [0.15, 0.2) is 11.5 Å². The van der Waals surface area contributed by atoms with Crippen molar-refractivity contribution in [2.45, 2.75) is 13.0 Å². The Balaban J connectivity index is 1.68. The highest BCUT2D eigenvalue weighted by molar-refractivity contribution is 6.51. The number of amides is 1. The summed E-state index contributed by atoms with van der Waals surface area (Å²) in [6.45, 7) is 2.02. The molecule has 2 aliphatic heterocycles. The number of ether oxygens (including phenoxy) is 2. The highest BCUT2D eigenvalue weighted by atomic mass is 16.7. The molecule has 30 heavy (non-hydrogen) atoms. The van der Waals surface area contributed by atoms with E-state index in [1.54, 1.807) is 42.5 Å². The molecule has 2 aliphatic rings. The number of carbonyl (C=O) groups is 2. The maximum absolute atomic E-state index is 13.0. The average Bonchev–Trinajstić information content (AvgIpc) is 3.48. The van der Waals surface area contributed by atoms with Gasteiger partial charge in [0.05, 0.1) is 11.8 Å². The maximum Gasteiger partial charge on any atom is 0.300 e. The molecule has 2 aromatic carbocycles. The third kappa shape index (κ3) is 2.75. The molecule has 0 radical (unpaired) electrons. The van der Waals surface area contributed by atoms with Crippen LogP contribution in [0.15, 0.2) is 70.9 Å². The van der Waals surface area contributed by atoms with Crippen molar-refractivity contribution in [3.05, 3.63) is 83.3 Å². The summed E-state index contributed by atoms with van der Waals surface area (Å²) in [6.07, 6.45) is 1.46. The molecule has 1 amide bonds. The molecule has 3 heterocycles. The topological polar surface area (TPSA) is 89.2 Å². The van der Waals surface area contributed by atoms with Crippen molar-refractivity contribution in [1.29, 1.82) is 0 Å². The molecule has 150 valence electrons. The van der Waals surface area contributed by atoms with Gasteiger partial charge in [0.1, 0.15) is 17.6 Å². The number of fused-ring (bicyclic) bond motifs is 1. The number of carbonyl (C=O) groups excluding carboxylic acids is 2. The minimum Gasteiger partial charge on any atom is -0.507 e. The van der Waals surface area contributed by atoms with Crippen LogP contribution in [0.3, 0.4) is 0 Å². The number of hydrogen-bond donors (Lipinski definition) is 1. The van der Waals surface area contributed by atoms with Crippen LogP contribution in [0.2, 0.25) is 0 Å². The minimum absolute atomic E-state index is 0.0469. The number of ketones is 1. The lowest BCUT2D eigenvalue weighted by Gasteiger charge is -2.23. The third-order valence-corrected chi connectivity index (χ3v) is 5.22. The van der Waals surface area contributed by atoms with Crippen LogP contribution in [0.25, 0.3) is 5.76 Å². The molecule has 1 N–H and O–H groups in total. The van der Waals surface area contributed by atoms with Crippen molar-refractivity contribution in [2.75, 3.05) is 11.7 Å². The fraction of sp³-hybridized carbons (Fsp3) is 0.130. The molecule has 1 saturated heterocycles. The summed E-state index contributed by atoms with van der Waals surface area (Å²) in [6, 6.07) is 14.5. The minimum atomic E-state index is -0.895. The van der Waals surface area contributed by atoms with E-state index in [2.05, 4.69) is 0 Å². The van der Waals surface area contributed by atoms with Crippen molar-refractivity contribution < 1.29 is 28.6 Å². The van der Waals surface area contributed by atoms with Crippen LogP contribution < -0.4 is 14.4 Å². The monoisotopic (exact) mass is 403 g/mol. The molecule has 0 bridgehead atoms. The summed E-state index contributed by atoms with van der Waals surface area (Å²) >= 11 is 0. The standard InChI is InChI=1S/C23H17NO6/c1-13-4-7-15(8-5-13)24-20(17-3-2-10-28-17)19(22(26)23(24)27)21(25)14-6-9-16-18(11-14)30-12-29-16/h2-11,20,25H,12H2,1H3/b21-19-. The predicted octanol–water partition coefficient (Wildman–Crippen LogP) is 3.94. The summed E-state index contributed by atoms with van der Waals surface area (Å²) < 4.78 is 16.2. The average molecular weight is 403 g/mol. The van der Waals surface area contributed by atoms with Crippen LogP contribution in [0.4, 0.5) is 5.69 Å². The molecule has 0 aliphatic carbocycles. The van der Waals surface area contributed by atoms with Crippen molar-refractivity contribution in [3.63, 3.8) is 0 Å². The van der Waals surface area contributed by atoms with Gasteiger partial charge in [0.25, 0.3) is 11.7 Å². The second-order valence-corrected chi connectivity index (χ2v) is 7.09. The first kappa shape index (κ1) is 18.1. The fourth-order valence-electron chi connectivity index (χ4n) is 3.72. The second kappa shape index (κ2) is 6.81. The molecule has 1 atom stereocenters. The Labute approximate surface area is 171 Å². The molecular formula is C23H17NO6. The lowest BCUT2D eigenvalue weighted by molar-refractivity contribution is -0.132. The first-order valence-electron chi connectivity index (χ1n) is 9.35. The predicted molar refractivity (Wildman–Crippen MR) is 107 cm³/mol. The van der Waals surface area contributed by atoms with Crippen molar-refractivity contribution >= 4 is 23.1 Å². The van der Waals surface area contributed by atoms with Gasteiger partial charge in [-0.05, 0) is 49.4 Å². The SMILES string of the molecule is Cc1ccc(N2C(=O)C(=O)/C(=C(\O)c3ccc4c(c3)OCO4)C2c2ccco2)cc1. The lowest BCUT2D eigenvalue weighted by atomic mass is 9.99. The quantitative estimate of drug-likeness (QED) is 0.405.